The number of aromatic nitrogens is 1. The molecular weight excluding hydrogens is 534 g/mol. The van der Waals surface area contributed by atoms with Gasteiger partial charge in [-0.05, 0) is 89.0 Å². The Balaban J connectivity index is 0.000000684. The van der Waals surface area contributed by atoms with E-state index in [1.54, 1.807) is 0 Å². The molecule has 0 bridgehead atoms. The molecule has 2 nitrogen and oxygen atoms in total. The first-order valence-electron chi connectivity index (χ1n) is 15.2. The van der Waals surface area contributed by atoms with Crippen molar-refractivity contribution in [1.82, 2.24) is 4.57 Å². The number of nitrogens with zero attached hydrogens (tertiary/aromatic N) is 1. The Kier molecular flexibility index (Phi) is 6.27. The van der Waals surface area contributed by atoms with Crippen molar-refractivity contribution in [3.8, 4) is 16.8 Å². The molecule has 0 aliphatic rings. The third-order valence-electron chi connectivity index (χ3n) is 8.70. The molecule has 0 unspecified atom stereocenters. The first-order chi connectivity index (χ1) is 21.7. The third-order valence-corrected chi connectivity index (χ3v) is 8.70. The highest BCUT2D eigenvalue weighted by molar-refractivity contribution is 6.23. The van der Waals surface area contributed by atoms with Gasteiger partial charge in [-0.15, -0.1) is 0 Å². The fourth-order valence-electron chi connectivity index (χ4n) is 6.52. The summed E-state index contributed by atoms with van der Waals surface area (Å²) < 4.78 is 8.85. The minimum atomic E-state index is 0.924. The Morgan fingerprint density at radius 1 is 0.477 bits per heavy atom. The van der Waals surface area contributed by atoms with E-state index in [1.165, 1.54) is 43.6 Å². The van der Waals surface area contributed by atoms with Crippen LogP contribution in [-0.2, 0) is 0 Å². The fraction of sp³-hybridized carbons (Fsp3) is 0.0476. The summed E-state index contributed by atoms with van der Waals surface area (Å²) in [4.78, 5) is 0. The van der Waals surface area contributed by atoms with Crippen LogP contribution in [0.3, 0.4) is 0 Å². The molecule has 0 fully saturated rings. The zero-order valence-electron chi connectivity index (χ0n) is 24.8. The minimum absolute atomic E-state index is 0.924. The number of hydrogen-bond donors (Lipinski definition) is 0. The predicted molar refractivity (Wildman–Crippen MR) is 189 cm³/mol. The van der Waals surface area contributed by atoms with Crippen LogP contribution in [-0.4, -0.2) is 4.57 Å². The topological polar surface area (TPSA) is 18.1 Å². The third kappa shape index (κ3) is 4.11. The lowest BCUT2D eigenvalue weighted by Gasteiger charge is -2.11. The van der Waals surface area contributed by atoms with Crippen LogP contribution in [0.5, 0.6) is 0 Å². The molecule has 44 heavy (non-hydrogen) atoms. The van der Waals surface area contributed by atoms with Crippen LogP contribution < -0.4 is 0 Å². The summed E-state index contributed by atoms with van der Waals surface area (Å²) in [6.07, 6.45) is 4.00. The van der Waals surface area contributed by atoms with Crippen LogP contribution in [0, 0.1) is 0 Å². The quantitative estimate of drug-likeness (QED) is 0.151. The van der Waals surface area contributed by atoms with Crippen LogP contribution in [0.25, 0.3) is 82.1 Å². The molecule has 210 valence electrons. The van der Waals surface area contributed by atoms with Crippen molar-refractivity contribution in [1.29, 1.82) is 0 Å². The predicted octanol–water partition coefficient (Wildman–Crippen LogP) is 12.2. The number of fused-ring (bicyclic) bond motifs is 10. The molecule has 0 amide bonds. The van der Waals surface area contributed by atoms with Gasteiger partial charge in [0.2, 0.25) is 0 Å². The molecule has 0 aliphatic heterocycles. The van der Waals surface area contributed by atoms with Crippen molar-refractivity contribution in [2.24, 2.45) is 0 Å². The number of hydrogen-bond acceptors (Lipinski definition) is 1. The summed E-state index contributed by atoms with van der Waals surface area (Å²) in [7, 11) is 0. The maximum atomic E-state index is 6.48. The fourth-order valence-corrected chi connectivity index (χ4v) is 6.52. The molecule has 0 atom stereocenters. The van der Waals surface area contributed by atoms with Gasteiger partial charge in [0.25, 0.3) is 0 Å². The van der Waals surface area contributed by atoms with Crippen molar-refractivity contribution in [3.05, 3.63) is 152 Å². The highest BCUT2D eigenvalue weighted by atomic mass is 16.3. The number of benzene rings is 7. The Labute approximate surface area is 256 Å². The van der Waals surface area contributed by atoms with E-state index in [0.29, 0.717) is 0 Å². The molecule has 9 aromatic rings. The molecule has 0 saturated heterocycles. The summed E-state index contributed by atoms with van der Waals surface area (Å²) in [6.45, 7) is 4.00. The monoisotopic (exact) mass is 565 g/mol. The van der Waals surface area contributed by atoms with Gasteiger partial charge in [-0.3, -0.25) is 0 Å². The second kappa shape index (κ2) is 10.6. The maximum Gasteiger partial charge on any atom is 0.145 e. The second-order valence-electron chi connectivity index (χ2n) is 11.2. The molecule has 7 aromatic carbocycles. The zero-order valence-corrected chi connectivity index (χ0v) is 24.8. The zero-order chi connectivity index (χ0) is 29.6. The van der Waals surface area contributed by atoms with Gasteiger partial charge in [-0.2, -0.15) is 0 Å². The van der Waals surface area contributed by atoms with Gasteiger partial charge in [-0.1, -0.05) is 109 Å². The van der Waals surface area contributed by atoms with E-state index in [9.17, 15) is 0 Å². The van der Waals surface area contributed by atoms with Crippen molar-refractivity contribution < 1.29 is 4.42 Å². The molecular formula is C42H31NO. The number of furan rings is 1. The minimum Gasteiger partial charge on any atom is -0.455 e. The van der Waals surface area contributed by atoms with Crippen molar-refractivity contribution in [3.63, 3.8) is 0 Å². The molecule has 0 aliphatic carbocycles. The van der Waals surface area contributed by atoms with E-state index in [1.807, 2.05) is 32.1 Å². The molecule has 0 saturated carbocycles. The van der Waals surface area contributed by atoms with Gasteiger partial charge in [0.1, 0.15) is 11.2 Å². The average molecular weight is 566 g/mol. The van der Waals surface area contributed by atoms with E-state index >= 15 is 0 Å². The number of allylic oxidation sites excluding steroid dienone is 2. The lowest BCUT2D eigenvalue weighted by atomic mass is 9.97. The molecule has 0 N–H and O–H groups in total. The Bertz CT molecular complexity index is 2520. The highest BCUT2D eigenvalue weighted by Gasteiger charge is 2.18. The summed E-state index contributed by atoms with van der Waals surface area (Å²) in [6, 6.07) is 50.1. The van der Waals surface area contributed by atoms with Crippen molar-refractivity contribution in [2.75, 3.05) is 0 Å². The van der Waals surface area contributed by atoms with Gasteiger partial charge in [-0.25, -0.2) is 0 Å². The Morgan fingerprint density at radius 3 is 2.00 bits per heavy atom. The van der Waals surface area contributed by atoms with E-state index < -0.39 is 0 Å². The van der Waals surface area contributed by atoms with Gasteiger partial charge >= 0.3 is 0 Å². The normalized spacial score (nSPS) is 11.8. The van der Waals surface area contributed by atoms with Crippen LogP contribution in [0.4, 0.5) is 0 Å². The van der Waals surface area contributed by atoms with Crippen molar-refractivity contribution >= 4 is 65.3 Å². The molecule has 2 heterocycles. The van der Waals surface area contributed by atoms with E-state index in [0.717, 1.165) is 38.5 Å². The Hall–Kier alpha value is -5.60. The summed E-state index contributed by atoms with van der Waals surface area (Å²) >= 11 is 0. The van der Waals surface area contributed by atoms with Gasteiger partial charge in [0.15, 0.2) is 0 Å². The summed E-state index contributed by atoms with van der Waals surface area (Å²) in [5.41, 5.74) is 7.74. The summed E-state index contributed by atoms with van der Waals surface area (Å²) in [5, 5.41) is 9.76. The van der Waals surface area contributed by atoms with E-state index in [2.05, 4.69) is 138 Å². The van der Waals surface area contributed by atoms with Crippen LogP contribution >= 0.6 is 0 Å². The highest BCUT2D eigenvalue weighted by Crippen LogP contribution is 2.41. The molecule has 9 rings (SSSR count). The molecule has 2 aromatic heterocycles. The first-order valence-corrected chi connectivity index (χ1v) is 15.2. The van der Waals surface area contributed by atoms with Gasteiger partial charge in [0.05, 0.1) is 16.4 Å². The number of para-hydroxylation sites is 2. The van der Waals surface area contributed by atoms with Crippen LogP contribution in [0.1, 0.15) is 13.8 Å². The smallest absolute Gasteiger partial charge is 0.145 e. The molecule has 0 spiro atoms. The van der Waals surface area contributed by atoms with E-state index in [4.69, 9.17) is 4.42 Å². The van der Waals surface area contributed by atoms with Gasteiger partial charge in [0, 0.05) is 21.8 Å². The summed E-state index contributed by atoms with van der Waals surface area (Å²) in [5.74, 6) is 0. The van der Waals surface area contributed by atoms with Crippen LogP contribution in [0.2, 0.25) is 0 Å². The van der Waals surface area contributed by atoms with Crippen LogP contribution in [0.15, 0.2) is 156 Å². The standard InChI is InChI=1S/C38H23NO.C4H8/c1-2-11-29-24(8-1)16-17-25-18-19-27(23-33(25)29)26-9-7-10-28(22-26)39-34-14-5-3-13-32(34)37-35(39)21-20-31-30-12-4-6-15-36(30)40-38(31)37;1-3-4-2/h1-23H;3-4H,1-2H3/b;4-3-. The van der Waals surface area contributed by atoms with Crippen molar-refractivity contribution in [2.45, 2.75) is 13.8 Å². The lowest BCUT2D eigenvalue weighted by molar-refractivity contribution is 0.673. The van der Waals surface area contributed by atoms with Gasteiger partial charge < -0.3 is 8.98 Å². The largest absolute Gasteiger partial charge is 0.455 e. The molecule has 2 heteroatoms. The maximum absolute atomic E-state index is 6.48. The lowest BCUT2D eigenvalue weighted by Crippen LogP contribution is -1.94. The second-order valence-corrected chi connectivity index (χ2v) is 11.2. The Morgan fingerprint density at radius 2 is 1.16 bits per heavy atom. The SMILES string of the molecule is C/C=C\C.c1cc(-c2ccc3ccc4ccccc4c3c2)cc(-n2c3ccccc3c3c4oc5ccccc5c4ccc32)c1. The first kappa shape index (κ1) is 26.1. The molecule has 0 radical (unpaired) electrons. The number of rotatable bonds is 2. The average Bonchev–Trinajstić information content (AvgIpc) is 3.64. The van der Waals surface area contributed by atoms with E-state index in [-0.39, 0.29) is 0 Å².